The molecule has 1 unspecified atom stereocenters. The predicted octanol–water partition coefficient (Wildman–Crippen LogP) is 4.14. The second kappa shape index (κ2) is 6.03. The Balaban J connectivity index is 2.09. The number of aryl methyl sites for hydroxylation is 1. The highest BCUT2D eigenvalue weighted by Gasteiger charge is 2.07. The zero-order chi connectivity index (χ0) is 13.0. The van der Waals surface area contributed by atoms with Crippen molar-refractivity contribution in [1.82, 2.24) is 0 Å². The standard InChI is InChI=1S/C16H18ClN/c1-2-12-6-8-14(9-7-12)16(18)11-13-4-3-5-15(17)10-13/h3-10,16H,2,11,18H2,1H3. The van der Waals surface area contributed by atoms with Crippen LogP contribution in [-0.4, -0.2) is 0 Å². The molecule has 0 aliphatic heterocycles. The van der Waals surface area contributed by atoms with Gasteiger partial charge in [-0.1, -0.05) is 54.9 Å². The highest BCUT2D eigenvalue weighted by atomic mass is 35.5. The van der Waals surface area contributed by atoms with Gasteiger partial charge in [-0.15, -0.1) is 0 Å². The monoisotopic (exact) mass is 259 g/mol. The Kier molecular flexibility index (Phi) is 4.40. The lowest BCUT2D eigenvalue weighted by atomic mass is 9.98. The molecule has 0 saturated heterocycles. The van der Waals surface area contributed by atoms with E-state index < -0.39 is 0 Å². The van der Waals surface area contributed by atoms with Gasteiger partial charge in [-0.05, 0) is 41.7 Å². The van der Waals surface area contributed by atoms with Crippen molar-refractivity contribution in [2.24, 2.45) is 5.73 Å². The topological polar surface area (TPSA) is 26.0 Å². The average Bonchev–Trinajstić information content (AvgIpc) is 2.39. The fourth-order valence-corrected chi connectivity index (χ4v) is 2.25. The van der Waals surface area contributed by atoms with Crippen LogP contribution >= 0.6 is 11.6 Å². The summed E-state index contributed by atoms with van der Waals surface area (Å²) in [6.07, 6.45) is 1.87. The molecule has 0 fully saturated rings. The number of hydrogen-bond donors (Lipinski definition) is 1. The first-order valence-corrected chi connectivity index (χ1v) is 6.65. The van der Waals surface area contributed by atoms with E-state index in [9.17, 15) is 0 Å². The fourth-order valence-electron chi connectivity index (χ4n) is 2.04. The Morgan fingerprint density at radius 3 is 2.39 bits per heavy atom. The lowest BCUT2D eigenvalue weighted by Gasteiger charge is -2.13. The van der Waals surface area contributed by atoms with E-state index in [4.69, 9.17) is 17.3 Å². The summed E-state index contributed by atoms with van der Waals surface area (Å²) in [7, 11) is 0. The lowest BCUT2D eigenvalue weighted by molar-refractivity contribution is 0.721. The van der Waals surface area contributed by atoms with Gasteiger partial charge in [-0.2, -0.15) is 0 Å². The zero-order valence-electron chi connectivity index (χ0n) is 10.6. The van der Waals surface area contributed by atoms with E-state index in [0.29, 0.717) is 0 Å². The molecule has 94 valence electrons. The molecule has 1 atom stereocenters. The molecule has 2 rings (SSSR count). The third-order valence-corrected chi connectivity index (χ3v) is 3.40. The molecule has 2 heteroatoms. The maximum atomic E-state index is 6.23. The summed E-state index contributed by atoms with van der Waals surface area (Å²) < 4.78 is 0. The largest absolute Gasteiger partial charge is 0.324 e. The molecule has 18 heavy (non-hydrogen) atoms. The molecule has 0 spiro atoms. The second-order valence-corrected chi connectivity index (χ2v) is 4.97. The maximum absolute atomic E-state index is 6.23. The molecule has 0 aliphatic carbocycles. The van der Waals surface area contributed by atoms with Crippen molar-refractivity contribution in [3.05, 3.63) is 70.2 Å². The molecule has 0 bridgehead atoms. The van der Waals surface area contributed by atoms with Gasteiger partial charge in [0.05, 0.1) is 0 Å². The summed E-state index contributed by atoms with van der Waals surface area (Å²) in [6, 6.07) is 16.4. The van der Waals surface area contributed by atoms with Crippen molar-refractivity contribution < 1.29 is 0 Å². The van der Waals surface area contributed by atoms with E-state index in [1.54, 1.807) is 0 Å². The third-order valence-electron chi connectivity index (χ3n) is 3.16. The number of benzene rings is 2. The Labute approximate surface area is 114 Å². The first-order valence-electron chi connectivity index (χ1n) is 6.28. The molecule has 0 radical (unpaired) electrons. The van der Waals surface area contributed by atoms with Crippen LogP contribution < -0.4 is 5.73 Å². The van der Waals surface area contributed by atoms with E-state index in [1.165, 1.54) is 16.7 Å². The molecule has 0 saturated carbocycles. The van der Waals surface area contributed by atoms with Crippen LogP contribution in [-0.2, 0) is 12.8 Å². The minimum Gasteiger partial charge on any atom is -0.324 e. The number of rotatable bonds is 4. The molecule has 2 aromatic rings. The van der Waals surface area contributed by atoms with Crippen LogP contribution in [0, 0.1) is 0 Å². The first-order chi connectivity index (χ1) is 8.69. The third kappa shape index (κ3) is 3.34. The number of halogens is 1. The molecule has 0 aromatic heterocycles. The van der Waals surface area contributed by atoms with E-state index in [0.717, 1.165) is 17.9 Å². The van der Waals surface area contributed by atoms with Gasteiger partial charge >= 0.3 is 0 Å². The van der Waals surface area contributed by atoms with E-state index in [1.807, 2.05) is 18.2 Å². The summed E-state index contributed by atoms with van der Waals surface area (Å²) in [4.78, 5) is 0. The van der Waals surface area contributed by atoms with Crippen LogP contribution in [0.4, 0.5) is 0 Å². The summed E-state index contributed by atoms with van der Waals surface area (Å²) in [5.41, 5.74) is 9.92. The molecule has 2 N–H and O–H groups in total. The van der Waals surface area contributed by atoms with Gasteiger partial charge in [0.2, 0.25) is 0 Å². The van der Waals surface area contributed by atoms with Crippen molar-refractivity contribution in [3.8, 4) is 0 Å². The van der Waals surface area contributed by atoms with Gasteiger partial charge < -0.3 is 5.73 Å². The van der Waals surface area contributed by atoms with Crippen molar-refractivity contribution in [3.63, 3.8) is 0 Å². The number of nitrogens with two attached hydrogens (primary N) is 1. The van der Waals surface area contributed by atoms with E-state index >= 15 is 0 Å². The fraction of sp³-hybridized carbons (Fsp3) is 0.250. The zero-order valence-corrected chi connectivity index (χ0v) is 11.3. The van der Waals surface area contributed by atoms with Gasteiger partial charge in [-0.3, -0.25) is 0 Å². The van der Waals surface area contributed by atoms with Crippen LogP contribution in [0.2, 0.25) is 5.02 Å². The maximum Gasteiger partial charge on any atom is 0.0408 e. The Morgan fingerprint density at radius 2 is 1.78 bits per heavy atom. The van der Waals surface area contributed by atoms with Crippen molar-refractivity contribution >= 4 is 11.6 Å². The summed E-state index contributed by atoms with van der Waals surface area (Å²) in [6.45, 7) is 2.15. The van der Waals surface area contributed by atoms with E-state index in [2.05, 4.69) is 37.3 Å². The average molecular weight is 260 g/mol. The van der Waals surface area contributed by atoms with E-state index in [-0.39, 0.29) is 6.04 Å². The normalized spacial score (nSPS) is 12.4. The molecular weight excluding hydrogens is 242 g/mol. The quantitative estimate of drug-likeness (QED) is 0.877. The SMILES string of the molecule is CCc1ccc(C(N)Cc2cccc(Cl)c2)cc1. The Morgan fingerprint density at radius 1 is 1.06 bits per heavy atom. The van der Waals surface area contributed by atoms with Crippen LogP contribution in [0.15, 0.2) is 48.5 Å². The van der Waals surface area contributed by atoms with Crippen LogP contribution in [0.1, 0.15) is 29.7 Å². The number of hydrogen-bond acceptors (Lipinski definition) is 1. The molecule has 0 aliphatic rings. The second-order valence-electron chi connectivity index (χ2n) is 4.54. The molecule has 1 nitrogen and oxygen atoms in total. The Bertz CT molecular complexity index is 505. The highest BCUT2D eigenvalue weighted by molar-refractivity contribution is 6.30. The Hall–Kier alpha value is -1.31. The van der Waals surface area contributed by atoms with Crippen molar-refractivity contribution in [2.75, 3.05) is 0 Å². The summed E-state index contributed by atoms with van der Waals surface area (Å²) in [5, 5.41) is 0.765. The lowest BCUT2D eigenvalue weighted by Crippen LogP contribution is -2.13. The molecule has 0 heterocycles. The van der Waals surface area contributed by atoms with Gasteiger partial charge in [0.15, 0.2) is 0 Å². The van der Waals surface area contributed by atoms with Gasteiger partial charge in [-0.25, -0.2) is 0 Å². The molecule has 0 amide bonds. The summed E-state index contributed by atoms with van der Waals surface area (Å²) >= 11 is 5.97. The van der Waals surface area contributed by atoms with Gasteiger partial charge in [0.1, 0.15) is 0 Å². The molecular formula is C16H18ClN. The van der Waals surface area contributed by atoms with Gasteiger partial charge in [0, 0.05) is 11.1 Å². The van der Waals surface area contributed by atoms with Crippen molar-refractivity contribution in [1.29, 1.82) is 0 Å². The predicted molar refractivity (Wildman–Crippen MR) is 77.9 cm³/mol. The minimum atomic E-state index is 0.0226. The minimum absolute atomic E-state index is 0.0226. The molecule has 2 aromatic carbocycles. The van der Waals surface area contributed by atoms with Crippen molar-refractivity contribution in [2.45, 2.75) is 25.8 Å². The smallest absolute Gasteiger partial charge is 0.0408 e. The van der Waals surface area contributed by atoms with Crippen LogP contribution in [0.5, 0.6) is 0 Å². The van der Waals surface area contributed by atoms with Gasteiger partial charge in [0.25, 0.3) is 0 Å². The van der Waals surface area contributed by atoms with Crippen LogP contribution in [0.3, 0.4) is 0 Å². The first kappa shape index (κ1) is 13.1. The highest BCUT2D eigenvalue weighted by Crippen LogP contribution is 2.19. The summed E-state index contributed by atoms with van der Waals surface area (Å²) in [5.74, 6) is 0. The van der Waals surface area contributed by atoms with Crippen LogP contribution in [0.25, 0.3) is 0 Å².